The molecule has 0 nitrogen and oxygen atoms in total. The van der Waals surface area contributed by atoms with E-state index in [1.165, 1.54) is 32.7 Å². The summed E-state index contributed by atoms with van der Waals surface area (Å²) in [5, 5.41) is 5.48. The largest absolute Gasteiger partial charge is 0.273 e. The number of rotatable bonds is 2. The van der Waals surface area contributed by atoms with Gasteiger partial charge in [0, 0.05) is 0 Å². The molecule has 0 bridgehead atoms. The second-order valence-corrected chi connectivity index (χ2v) is 19.5. The van der Waals surface area contributed by atoms with Crippen molar-refractivity contribution in [3.05, 3.63) is 77.9 Å². The fraction of sp³-hybridized carbons (Fsp3) is 0.469. The summed E-state index contributed by atoms with van der Waals surface area (Å²) >= 11 is 1.80. The topological polar surface area (TPSA) is 0 Å². The van der Waals surface area contributed by atoms with Gasteiger partial charge in [-0.15, -0.1) is 46.2 Å². The molecule has 0 radical (unpaired) electrons. The SMILES string of the molecule is CC(C)(C)c1ccc2c(c1)[cH-]c1cc(C(C)(C)C)ccc12.CC(C)[Si](=[Zr+2])C(C)C.[C-]1=CC=CC1. The van der Waals surface area contributed by atoms with E-state index < -0.39 is 0 Å². The molecule has 3 aromatic carbocycles. The Bertz CT molecular complexity index is 1070. The van der Waals surface area contributed by atoms with Crippen molar-refractivity contribution in [2.75, 3.05) is 0 Å². The molecule has 180 valence electrons. The summed E-state index contributed by atoms with van der Waals surface area (Å²) in [5.74, 6) is 0. The van der Waals surface area contributed by atoms with E-state index in [0.29, 0.717) is 0 Å². The molecule has 0 amide bonds. The maximum Gasteiger partial charge on any atom is -0.109 e. The Balaban J connectivity index is 0.000000258. The fourth-order valence-electron chi connectivity index (χ4n) is 3.96. The molecule has 1 aliphatic rings. The van der Waals surface area contributed by atoms with E-state index in [2.05, 4.69) is 124 Å². The van der Waals surface area contributed by atoms with Crippen molar-refractivity contribution in [3.8, 4) is 0 Å². The van der Waals surface area contributed by atoms with Crippen LogP contribution in [0.4, 0.5) is 0 Å². The average Bonchev–Trinajstić information content (AvgIpc) is 3.42. The summed E-state index contributed by atoms with van der Waals surface area (Å²) in [6.45, 7) is 23.0. The minimum atomic E-state index is 0.0663. The molecule has 0 heterocycles. The van der Waals surface area contributed by atoms with Crippen molar-refractivity contribution in [3.63, 3.8) is 0 Å². The third-order valence-electron chi connectivity index (χ3n) is 6.27. The van der Waals surface area contributed by atoms with Crippen LogP contribution in [0.3, 0.4) is 0 Å². The van der Waals surface area contributed by atoms with E-state index in [0.717, 1.165) is 17.5 Å². The van der Waals surface area contributed by atoms with Gasteiger partial charge in [-0.3, -0.25) is 6.08 Å². The van der Waals surface area contributed by atoms with Crippen molar-refractivity contribution in [2.45, 2.75) is 97.6 Å². The molecule has 0 saturated carbocycles. The number of allylic oxidation sites excluding steroid dienone is 4. The van der Waals surface area contributed by atoms with Gasteiger partial charge in [0.2, 0.25) is 0 Å². The van der Waals surface area contributed by atoms with Crippen LogP contribution in [0.5, 0.6) is 0 Å². The van der Waals surface area contributed by atoms with Crippen molar-refractivity contribution in [1.82, 2.24) is 0 Å². The van der Waals surface area contributed by atoms with Gasteiger partial charge in [-0.1, -0.05) is 76.9 Å². The zero-order valence-electron chi connectivity index (χ0n) is 23.1. The Kier molecular flexibility index (Phi) is 10.5. The molecule has 0 N–H and O–H groups in total. The summed E-state index contributed by atoms with van der Waals surface area (Å²) in [7, 11) is 0. The molecule has 34 heavy (non-hydrogen) atoms. The molecule has 3 aromatic rings. The first kappa shape index (κ1) is 29.1. The zero-order chi connectivity index (χ0) is 25.7. The minimum absolute atomic E-state index is 0.0663. The zero-order valence-corrected chi connectivity index (χ0v) is 26.6. The normalized spacial score (nSPS) is 13.4. The van der Waals surface area contributed by atoms with Crippen molar-refractivity contribution < 1.29 is 23.3 Å². The van der Waals surface area contributed by atoms with Crippen LogP contribution in [-0.4, -0.2) is 5.43 Å². The van der Waals surface area contributed by atoms with Crippen LogP contribution in [0, 0.1) is 6.08 Å². The summed E-state index contributed by atoms with van der Waals surface area (Å²) in [6.07, 6.45) is 10.0. The van der Waals surface area contributed by atoms with Gasteiger partial charge in [0.1, 0.15) is 0 Å². The van der Waals surface area contributed by atoms with Crippen molar-refractivity contribution in [2.24, 2.45) is 0 Å². The summed E-state index contributed by atoms with van der Waals surface area (Å²) in [5.41, 5.74) is 5.25. The van der Waals surface area contributed by atoms with Gasteiger partial charge >= 0.3 is 67.5 Å². The van der Waals surface area contributed by atoms with Gasteiger partial charge in [0.25, 0.3) is 0 Å². The number of fused-ring (bicyclic) bond motifs is 3. The fourth-order valence-corrected chi connectivity index (χ4v) is 5.30. The second-order valence-electron chi connectivity index (χ2n) is 12.0. The van der Waals surface area contributed by atoms with Crippen LogP contribution in [0.1, 0.15) is 86.8 Å². The predicted octanol–water partition coefficient (Wildman–Crippen LogP) is 9.96. The molecule has 0 spiro atoms. The Morgan fingerprint density at radius 1 is 0.794 bits per heavy atom. The molecule has 0 aromatic heterocycles. The molecular weight excluding hydrogens is 504 g/mol. The molecule has 2 heteroatoms. The second kappa shape index (κ2) is 12.2. The van der Waals surface area contributed by atoms with Gasteiger partial charge < -0.3 is 0 Å². The minimum Gasteiger partial charge on any atom is -0.273 e. The van der Waals surface area contributed by atoms with Crippen molar-refractivity contribution in [1.29, 1.82) is 0 Å². The van der Waals surface area contributed by atoms with Gasteiger partial charge in [-0.2, -0.15) is 6.08 Å². The number of hydrogen-bond donors (Lipinski definition) is 0. The molecule has 0 atom stereocenters. The van der Waals surface area contributed by atoms with Crippen LogP contribution in [0.15, 0.2) is 60.7 Å². The monoisotopic (exact) mass is 546 g/mol. The van der Waals surface area contributed by atoms with Gasteiger partial charge in [-0.25, -0.2) is 12.2 Å². The van der Waals surface area contributed by atoms with E-state index in [1.807, 2.05) is 12.2 Å². The predicted molar refractivity (Wildman–Crippen MR) is 152 cm³/mol. The van der Waals surface area contributed by atoms with Crippen LogP contribution < -0.4 is 0 Å². The van der Waals surface area contributed by atoms with E-state index in [1.54, 1.807) is 23.3 Å². The molecule has 0 aliphatic heterocycles. The van der Waals surface area contributed by atoms with E-state index in [-0.39, 0.29) is 16.3 Å². The Morgan fingerprint density at radius 2 is 1.24 bits per heavy atom. The summed E-state index contributed by atoms with van der Waals surface area (Å²) in [4.78, 5) is 0. The Hall–Kier alpha value is -1.11. The first-order valence-electron chi connectivity index (χ1n) is 12.7. The first-order valence-corrected chi connectivity index (χ1v) is 18.0. The van der Waals surface area contributed by atoms with Crippen molar-refractivity contribution >= 4 is 27.0 Å². The molecule has 0 unspecified atom stereocenters. The van der Waals surface area contributed by atoms with Crippen LogP contribution in [-0.2, 0) is 34.2 Å². The van der Waals surface area contributed by atoms with Crippen LogP contribution >= 0.6 is 0 Å². The number of hydrogen-bond acceptors (Lipinski definition) is 0. The molecule has 4 rings (SSSR count). The van der Waals surface area contributed by atoms with Gasteiger partial charge in [0.15, 0.2) is 0 Å². The average molecular weight is 548 g/mol. The number of benzene rings is 2. The summed E-state index contributed by atoms with van der Waals surface area (Å²) in [6, 6.07) is 16.2. The van der Waals surface area contributed by atoms with E-state index >= 15 is 0 Å². The van der Waals surface area contributed by atoms with E-state index in [9.17, 15) is 0 Å². The quantitative estimate of drug-likeness (QED) is 0.221. The van der Waals surface area contributed by atoms with Gasteiger partial charge in [-0.05, 0) is 10.8 Å². The molecule has 0 saturated heterocycles. The maximum absolute atomic E-state index is 2.99. The smallest absolute Gasteiger partial charge is 0.109 e. The first-order chi connectivity index (χ1) is 15.7. The van der Waals surface area contributed by atoms with E-state index in [4.69, 9.17) is 0 Å². The third kappa shape index (κ3) is 8.23. The summed E-state index contributed by atoms with van der Waals surface area (Å²) < 4.78 is 0. The Morgan fingerprint density at radius 3 is 1.47 bits per heavy atom. The molecule has 1 aliphatic carbocycles. The van der Waals surface area contributed by atoms with Crippen LogP contribution in [0.2, 0.25) is 11.1 Å². The molecular formula is C32H44SiZr. The van der Waals surface area contributed by atoms with Gasteiger partial charge in [0.05, 0.1) is 0 Å². The molecule has 0 fully saturated rings. The third-order valence-corrected chi connectivity index (χ3v) is 17.3. The standard InChI is InChI=1S/C21H25.C6H14Si.C5H5.Zr/c1-20(2,3)16-7-9-18-14(12-16)11-15-13-17(21(4,5)6)8-10-19(15)18;1-5(2)7-6(3)4;1-2-4-5-3-1;/h7-13H,1-6H3;5-6H,1-4H3;1-3H,4H2;/q-1;;-1;+2. The van der Waals surface area contributed by atoms with Crippen LogP contribution in [0.25, 0.3) is 21.5 Å². The maximum atomic E-state index is 2.99. The Labute approximate surface area is 224 Å².